The number of nitrogens with zero attached hydrogens (tertiary/aromatic N) is 1. The van der Waals surface area contributed by atoms with Crippen LogP contribution in [0.5, 0.6) is 5.75 Å². The van der Waals surface area contributed by atoms with E-state index in [0.29, 0.717) is 0 Å². The maximum Gasteiger partial charge on any atom is 0.188 e. The fourth-order valence-electron chi connectivity index (χ4n) is 2.65. The van der Waals surface area contributed by atoms with Crippen molar-refractivity contribution in [3.63, 3.8) is 0 Å². The monoisotopic (exact) mass is 271 g/mol. The van der Waals surface area contributed by atoms with Crippen molar-refractivity contribution in [3.8, 4) is 5.75 Å². The summed E-state index contributed by atoms with van der Waals surface area (Å²) in [5.41, 5.74) is 2.99. The van der Waals surface area contributed by atoms with Gasteiger partial charge < -0.3 is 19.1 Å². The van der Waals surface area contributed by atoms with Crippen molar-refractivity contribution in [2.24, 2.45) is 7.05 Å². The quantitative estimate of drug-likeness (QED) is 0.742. The molecule has 0 saturated heterocycles. The van der Waals surface area contributed by atoms with Crippen molar-refractivity contribution in [3.05, 3.63) is 42.0 Å². The molecule has 4 nitrogen and oxygen atoms in total. The van der Waals surface area contributed by atoms with Crippen molar-refractivity contribution >= 4 is 21.8 Å². The fourth-order valence-corrected chi connectivity index (χ4v) is 2.65. The predicted molar refractivity (Wildman–Crippen MR) is 78.9 cm³/mol. The highest BCUT2D eigenvalue weighted by molar-refractivity contribution is 6.10. The molecule has 3 rings (SSSR count). The van der Waals surface area contributed by atoms with E-state index in [1.807, 2.05) is 31.3 Å². The highest BCUT2D eigenvalue weighted by atomic mass is 16.7. The number of aliphatic hydroxyl groups excluding tert-OH is 1. The van der Waals surface area contributed by atoms with Gasteiger partial charge in [-0.15, -0.1) is 0 Å². The topological polar surface area (TPSA) is 43.6 Å². The molecule has 0 bridgehead atoms. The highest BCUT2D eigenvalue weighted by Crippen LogP contribution is 2.35. The molecule has 2 aromatic carbocycles. The van der Waals surface area contributed by atoms with Crippen LogP contribution in [0.4, 0.5) is 0 Å². The summed E-state index contributed by atoms with van der Waals surface area (Å²) < 4.78 is 12.8. The van der Waals surface area contributed by atoms with E-state index in [1.165, 1.54) is 0 Å². The van der Waals surface area contributed by atoms with Gasteiger partial charge in [0.15, 0.2) is 6.79 Å². The van der Waals surface area contributed by atoms with E-state index in [1.54, 1.807) is 7.11 Å². The van der Waals surface area contributed by atoms with E-state index >= 15 is 0 Å². The van der Waals surface area contributed by atoms with Crippen LogP contribution in [0.2, 0.25) is 0 Å². The molecule has 0 spiro atoms. The smallest absolute Gasteiger partial charge is 0.188 e. The van der Waals surface area contributed by atoms with Crippen molar-refractivity contribution in [1.82, 2.24) is 4.57 Å². The minimum Gasteiger partial charge on any atom is -0.465 e. The lowest BCUT2D eigenvalue weighted by Crippen LogP contribution is -2.01. The number of aryl methyl sites for hydroxylation is 1. The lowest BCUT2D eigenvalue weighted by Gasteiger charge is -2.10. The number of fused-ring (bicyclic) bond motifs is 3. The molecule has 0 atom stereocenters. The molecular formula is C16H17NO3. The average molecular weight is 271 g/mol. The molecule has 4 heteroatoms. The fraction of sp³-hybridized carbons (Fsp3) is 0.250. The lowest BCUT2D eigenvalue weighted by atomic mass is 10.1. The van der Waals surface area contributed by atoms with Crippen LogP contribution >= 0.6 is 0 Å². The van der Waals surface area contributed by atoms with E-state index in [0.717, 1.165) is 33.1 Å². The lowest BCUT2D eigenvalue weighted by molar-refractivity contribution is 0.0519. The van der Waals surface area contributed by atoms with Gasteiger partial charge in [-0.3, -0.25) is 0 Å². The Hall–Kier alpha value is -2.04. The third-order valence-corrected chi connectivity index (χ3v) is 3.54. The maximum absolute atomic E-state index is 9.43. The van der Waals surface area contributed by atoms with Gasteiger partial charge in [-0.2, -0.15) is 0 Å². The van der Waals surface area contributed by atoms with Crippen LogP contribution in [0.25, 0.3) is 21.8 Å². The van der Waals surface area contributed by atoms with Gasteiger partial charge in [-0.1, -0.05) is 18.2 Å². The van der Waals surface area contributed by atoms with Crippen LogP contribution in [0.1, 0.15) is 5.56 Å². The molecule has 0 saturated carbocycles. The van der Waals surface area contributed by atoms with Gasteiger partial charge in [0.05, 0.1) is 12.1 Å². The molecule has 0 unspecified atom stereocenters. The number of para-hydroxylation sites is 1. The van der Waals surface area contributed by atoms with Gasteiger partial charge >= 0.3 is 0 Å². The third-order valence-electron chi connectivity index (χ3n) is 3.54. The number of methoxy groups -OCH3 is 1. The van der Waals surface area contributed by atoms with Crippen LogP contribution in [0.3, 0.4) is 0 Å². The molecule has 3 aromatic rings. The second-order valence-corrected chi connectivity index (χ2v) is 4.78. The summed E-state index contributed by atoms with van der Waals surface area (Å²) in [5.74, 6) is 0.729. The molecule has 104 valence electrons. The Labute approximate surface area is 117 Å². The first-order valence-corrected chi connectivity index (χ1v) is 6.49. The molecule has 1 heterocycles. The van der Waals surface area contributed by atoms with Crippen LogP contribution in [0.15, 0.2) is 36.4 Å². The zero-order valence-electron chi connectivity index (χ0n) is 11.6. The van der Waals surface area contributed by atoms with E-state index in [9.17, 15) is 5.11 Å². The predicted octanol–water partition coefficient (Wildman–Crippen LogP) is 2.81. The number of rotatable bonds is 4. The molecule has 0 amide bonds. The average Bonchev–Trinajstić information content (AvgIpc) is 2.78. The summed E-state index contributed by atoms with van der Waals surface area (Å²) in [7, 11) is 3.61. The zero-order valence-corrected chi connectivity index (χ0v) is 11.6. The summed E-state index contributed by atoms with van der Waals surface area (Å²) in [5, 5.41) is 11.7. The minimum atomic E-state index is -0.0114. The Morgan fingerprint density at radius 1 is 1.15 bits per heavy atom. The summed E-state index contributed by atoms with van der Waals surface area (Å²) in [6.07, 6.45) is 0. The van der Waals surface area contributed by atoms with E-state index in [4.69, 9.17) is 9.47 Å². The number of aliphatic hydroxyl groups is 1. The van der Waals surface area contributed by atoms with Gasteiger partial charge in [0.2, 0.25) is 0 Å². The Balaban J connectivity index is 2.36. The Bertz CT molecular complexity index is 761. The van der Waals surface area contributed by atoms with Gasteiger partial charge in [-0.25, -0.2) is 0 Å². The summed E-state index contributed by atoms with van der Waals surface area (Å²) in [6, 6.07) is 12.1. The van der Waals surface area contributed by atoms with Crippen molar-refractivity contribution in [1.29, 1.82) is 0 Å². The largest absolute Gasteiger partial charge is 0.465 e. The van der Waals surface area contributed by atoms with E-state index in [2.05, 4.69) is 16.7 Å². The first-order valence-electron chi connectivity index (χ1n) is 6.49. The van der Waals surface area contributed by atoms with Crippen molar-refractivity contribution in [2.45, 2.75) is 6.61 Å². The standard InChI is InChI=1S/C16H17NO3/c1-17-14-6-4-3-5-12(14)13-7-11(9-18)8-15(16(13)17)20-10-19-2/h3-8,18H,9-10H2,1-2H3. The first kappa shape index (κ1) is 13.0. The normalized spacial score (nSPS) is 11.3. The molecule has 20 heavy (non-hydrogen) atoms. The number of aromatic nitrogens is 1. The summed E-state index contributed by atoms with van der Waals surface area (Å²) >= 11 is 0. The van der Waals surface area contributed by atoms with Crippen LogP contribution < -0.4 is 4.74 Å². The molecule has 0 fully saturated rings. The van der Waals surface area contributed by atoms with E-state index in [-0.39, 0.29) is 13.4 Å². The van der Waals surface area contributed by atoms with Gasteiger partial charge in [0.1, 0.15) is 5.75 Å². The Morgan fingerprint density at radius 3 is 2.70 bits per heavy atom. The summed E-state index contributed by atoms with van der Waals surface area (Å²) in [6.45, 7) is 0.175. The molecular weight excluding hydrogens is 254 g/mol. The minimum absolute atomic E-state index is 0.0114. The third kappa shape index (κ3) is 1.94. The SMILES string of the molecule is COCOc1cc(CO)cc2c3ccccc3n(C)c12. The molecule has 0 aliphatic carbocycles. The van der Waals surface area contributed by atoms with Gasteiger partial charge in [0.25, 0.3) is 0 Å². The van der Waals surface area contributed by atoms with E-state index < -0.39 is 0 Å². The number of hydrogen-bond acceptors (Lipinski definition) is 3. The Morgan fingerprint density at radius 2 is 1.95 bits per heavy atom. The maximum atomic E-state index is 9.43. The first-order chi connectivity index (χ1) is 9.76. The number of hydrogen-bond donors (Lipinski definition) is 1. The second kappa shape index (κ2) is 5.15. The highest BCUT2D eigenvalue weighted by Gasteiger charge is 2.14. The zero-order chi connectivity index (χ0) is 14.1. The number of benzene rings is 2. The van der Waals surface area contributed by atoms with Crippen LogP contribution in [-0.4, -0.2) is 23.6 Å². The van der Waals surface area contributed by atoms with Crippen molar-refractivity contribution in [2.75, 3.05) is 13.9 Å². The van der Waals surface area contributed by atoms with Crippen LogP contribution in [-0.2, 0) is 18.4 Å². The van der Waals surface area contributed by atoms with Crippen molar-refractivity contribution < 1.29 is 14.6 Å². The second-order valence-electron chi connectivity index (χ2n) is 4.78. The Kier molecular flexibility index (Phi) is 3.34. The molecule has 0 aliphatic heterocycles. The molecule has 1 N–H and O–H groups in total. The van der Waals surface area contributed by atoms with Gasteiger partial charge in [-0.05, 0) is 23.8 Å². The summed E-state index contributed by atoms with van der Waals surface area (Å²) in [4.78, 5) is 0. The molecule has 0 radical (unpaired) electrons. The molecule has 0 aliphatic rings. The molecule has 1 aromatic heterocycles. The van der Waals surface area contributed by atoms with Gasteiger partial charge in [0, 0.05) is 30.4 Å². The number of ether oxygens (including phenoxy) is 2. The van der Waals surface area contributed by atoms with Crippen LogP contribution in [0, 0.1) is 0 Å².